The maximum Gasteiger partial charge on any atom is 0.335 e. The zero-order valence-electron chi connectivity index (χ0n) is 10.6. The maximum atomic E-state index is 11.0. The minimum absolute atomic E-state index is 0.231. The minimum atomic E-state index is -0.956. The summed E-state index contributed by atoms with van der Waals surface area (Å²) in [5.41, 5.74) is -0.144. The number of fused-ring (bicyclic) bond motifs is 1. The number of benzene rings is 1. The van der Waals surface area contributed by atoms with Crippen LogP contribution in [0.1, 0.15) is 31.1 Å². The zero-order chi connectivity index (χ0) is 13.3. The van der Waals surface area contributed by atoms with E-state index in [0.717, 1.165) is 5.39 Å². The van der Waals surface area contributed by atoms with Crippen molar-refractivity contribution in [2.45, 2.75) is 26.4 Å². The molecule has 2 aromatic rings. The molecule has 0 saturated heterocycles. The van der Waals surface area contributed by atoms with Crippen molar-refractivity contribution in [1.82, 2.24) is 4.98 Å². The predicted octanol–water partition coefficient (Wildman–Crippen LogP) is 3.11. The molecule has 0 amide bonds. The van der Waals surface area contributed by atoms with Crippen LogP contribution in [0.25, 0.3) is 10.8 Å². The van der Waals surface area contributed by atoms with Crippen LogP contribution in [0.15, 0.2) is 30.5 Å². The topological polar surface area (TPSA) is 59.4 Å². The van der Waals surface area contributed by atoms with E-state index in [-0.39, 0.29) is 11.2 Å². The van der Waals surface area contributed by atoms with E-state index in [1.165, 1.54) is 0 Å². The Balaban J connectivity index is 2.59. The molecule has 1 heterocycles. The first-order chi connectivity index (χ1) is 8.37. The first kappa shape index (κ1) is 12.4. The average molecular weight is 245 g/mol. The third-order valence-corrected chi connectivity index (χ3v) is 2.38. The summed E-state index contributed by atoms with van der Waals surface area (Å²) < 4.78 is 5.75. The van der Waals surface area contributed by atoms with Crippen LogP contribution in [0.3, 0.4) is 0 Å². The molecule has 0 aliphatic carbocycles. The quantitative estimate of drug-likeness (QED) is 0.883. The maximum absolute atomic E-state index is 11.0. The SMILES string of the molecule is CC(C)(C)Oc1nccc2ccc(C(=O)O)cc12. The number of nitrogens with zero attached hydrogens (tertiary/aromatic N) is 1. The Morgan fingerprint density at radius 3 is 2.61 bits per heavy atom. The van der Waals surface area contributed by atoms with Gasteiger partial charge in [-0.05, 0) is 44.4 Å². The van der Waals surface area contributed by atoms with Gasteiger partial charge in [-0.15, -0.1) is 0 Å². The van der Waals surface area contributed by atoms with Gasteiger partial charge in [0.1, 0.15) is 5.60 Å². The molecule has 0 fully saturated rings. The van der Waals surface area contributed by atoms with E-state index in [4.69, 9.17) is 9.84 Å². The number of aromatic nitrogens is 1. The molecule has 0 spiro atoms. The van der Waals surface area contributed by atoms with Gasteiger partial charge in [0, 0.05) is 11.6 Å². The van der Waals surface area contributed by atoms with E-state index in [0.29, 0.717) is 11.3 Å². The van der Waals surface area contributed by atoms with E-state index in [2.05, 4.69) is 4.98 Å². The minimum Gasteiger partial charge on any atom is -0.478 e. The molecule has 1 aromatic carbocycles. The molecule has 0 aliphatic rings. The molecule has 2 rings (SSSR count). The Kier molecular flexibility index (Phi) is 2.95. The number of carboxylic acids is 1. The molecule has 0 aliphatic heterocycles. The van der Waals surface area contributed by atoms with Gasteiger partial charge in [-0.2, -0.15) is 0 Å². The molecule has 94 valence electrons. The van der Waals surface area contributed by atoms with Gasteiger partial charge in [0.2, 0.25) is 5.88 Å². The molecular weight excluding hydrogens is 230 g/mol. The Labute approximate surface area is 105 Å². The van der Waals surface area contributed by atoms with Crippen LogP contribution in [0, 0.1) is 0 Å². The Morgan fingerprint density at radius 1 is 1.28 bits per heavy atom. The van der Waals surface area contributed by atoms with Crippen molar-refractivity contribution >= 4 is 16.7 Å². The molecule has 0 unspecified atom stereocenters. The smallest absolute Gasteiger partial charge is 0.335 e. The van der Waals surface area contributed by atoms with Crippen LogP contribution in [0.5, 0.6) is 5.88 Å². The second-order valence-electron chi connectivity index (χ2n) is 5.07. The summed E-state index contributed by atoms with van der Waals surface area (Å²) in [7, 11) is 0. The van der Waals surface area contributed by atoms with Crippen molar-refractivity contribution in [3.05, 3.63) is 36.0 Å². The average Bonchev–Trinajstić information content (AvgIpc) is 2.26. The summed E-state index contributed by atoms with van der Waals surface area (Å²) in [5, 5.41) is 10.6. The Morgan fingerprint density at radius 2 is 2.00 bits per heavy atom. The van der Waals surface area contributed by atoms with Gasteiger partial charge >= 0.3 is 5.97 Å². The monoisotopic (exact) mass is 245 g/mol. The standard InChI is InChI=1S/C14H15NO3/c1-14(2,3)18-12-11-8-10(13(16)17)5-4-9(11)6-7-15-12/h4-8H,1-3H3,(H,16,17). The molecule has 0 radical (unpaired) electrons. The van der Waals surface area contributed by atoms with Crippen molar-refractivity contribution in [2.75, 3.05) is 0 Å². The molecule has 18 heavy (non-hydrogen) atoms. The zero-order valence-corrected chi connectivity index (χ0v) is 10.6. The molecule has 1 N–H and O–H groups in total. The van der Waals surface area contributed by atoms with E-state index >= 15 is 0 Å². The summed E-state index contributed by atoms with van der Waals surface area (Å²) >= 11 is 0. The first-order valence-electron chi connectivity index (χ1n) is 5.68. The van der Waals surface area contributed by atoms with Crippen LogP contribution < -0.4 is 4.74 Å². The van der Waals surface area contributed by atoms with Gasteiger partial charge in [0.25, 0.3) is 0 Å². The van der Waals surface area contributed by atoms with Gasteiger partial charge in [-0.1, -0.05) is 6.07 Å². The van der Waals surface area contributed by atoms with E-state index < -0.39 is 5.97 Å². The summed E-state index contributed by atoms with van der Waals surface area (Å²) in [4.78, 5) is 15.2. The Bertz CT molecular complexity index is 600. The van der Waals surface area contributed by atoms with Crippen LogP contribution in [-0.4, -0.2) is 21.7 Å². The van der Waals surface area contributed by atoms with Crippen LogP contribution >= 0.6 is 0 Å². The fourth-order valence-corrected chi connectivity index (χ4v) is 1.65. The number of pyridine rings is 1. The highest BCUT2D eigenvalue weighted by Gasteiger charge is 2.15. The lowest BCUT2D eigenvalue weighted by atomic mass is 10.1. The van der Waals surface area contributed by atoms with Crippen LogP contribution in [0.4, 0.5) is 0 Å². The molecular formula is C14H15NO3. The third-order valence-electron chi connectivity index (χ3n) is 2.38. The highest BCUT2D eigenvalue weighted by Crippen LogP contribution is 2.27. The lowest BCUT2D eigenvalue weighted by Crippen LogP contribution is -2.23. The van der Waals surface area contributed by atoms with Crippen LogP contribution in [-0.2, 0) is 0 Å². The van der Waals surface area contributed by atoms with Crippen molar-refractivity contribution < 1.29 is 14.6 Å². The van der Waals surface area contributed by atoms with Gasteiger partial charge in [-0.25, -0.2) is 9.78 Å². The summed E-state index contributed by atoms with van der Waals surface area (Å²) in [5.74, 6) is -0.495. The highest BCUT2D eigenvalue weighted by molar-refractivity contribution is 5.96. The van der Waals surface area contributed by atoms with Gasteiger partial charge in [0.15, 0.2) is 0 Å². The number of ether oxygens (including phenoxy) is 1. The summed E-state index contributed by atoms with van der Waals surface area (Å²) in [6.45, 7) is 5.78. The number of carboxylic acid groups (broad SMARTS) is 1. The lowest BCUT2D eigenvalue weighted by molar-refractivity contribution is 0.0697. The molecule has 4 nitrogen and oxygen atoms in total. The number of carbonyl (C=O) groups is 1. The fraction of sp³-hybridized carbons (Fsp3) is 0.286. The number of hydrogen-bond acceptors (Lipinski definition) is 3. The van der Waals surface area contributed by atoms with E-state index in [9.17, 15) is 4.79 Å². The van der Waals surface area contributed by atoms with Crippen LogP contribution in [0.2, 0.25) is 0 Å². The van der Waals surface area contributed by atoms with E-state index in [1.807, 2.05) is 26.8 Å². The second-order valence-corrected chi connectivity index (χ2v) is 5.07. The first-order valence-corrected chi connectivity index (χ1v) is 5.68. The predicted molar refractivity (Wildman–Crippen MR) is 69.1 cm³/mol. The largest absolute Gasteiger partial charge is 0.478 e. The second kappa shape index (κ2) is 4.29. The normalized spacial score (nSPS) is 11.5. The Hall–Kier alpha value is -2.10. The van der Waals surface area contributed by atoms with Gasteiger partial charge < -0.3 is 9.84 Å². The highest BCUT2D eigenvalue weighted by atomic mass is 16.5. The summed E-state index contributed by atoms with van der Waals surface area (Å²) in [6, 6.07) is 6.75. The van der Waals surface area contributed by atoms with Crippen molar-refractivity contribution in [3.63, 3.8) is 0 Å². The third kappa shape index (κ3) is 2.59. The molecule has 1 aromatic heterocycles. The molecule has 0 saturated carbocycles. The number of rotatable bonds is 2. The summed E-state index contributed by atoms with van der Waals surface area (Å²) in [6.07, 6.45) is 1.66. The number of hydrogen-bond donors (Lipinski definition) is 1. The molecule has 4 heteroatoms. The molecule has 0 bridgehead atoms. The molecule has 0 atom stereocenters. The fourth-order valence-electron chi connectivity index (χ4n) is 1.65. The van der Waals surface area contributed by atoms with Crippen molar-refractivity contribution in [1.29, 1.82) is 0 Å². The van der Waals surface area contributed by atoms with Crippen molar-refractivity contribution in [2.24, 2.45) is 0 Å². The number of aromatic carboxylic acids is 1. The van der Waals surface area contributed by atoms with E-state index in [1.54, 1.807) is 24.4 Å². The van der Waals surface area contributed by atoms with Gasteiger partial charge in [-0.3, -0.25) is 0 Å². The van der Waals surface area contributed by atoms with Gasteiger partial charge in [0.05, 0.1) is 5.56 Å². The van der Waals surface area contributed by atoms with Crippen molar-refractivity contribution in [3.8, 4) is 5.88 Å². The lowest BCUT2D eigenvalue weighted by Gasteiger charge is -2.21.